The number of benzene rings is 1. The number of hydrogen-bond acceptors (Lipinski definition) is 4. The van der Waals surface area contributed by atoms with Gasteiger partial charge in [-0.2, -0.15) is 4.31 Å². The van der Waals surface area contributed by atoms with Crippen molar-refractivity contribution < 1.29 is 13.3 Å². The molecule has 0 bridgehead atoms. The van der Waals surface area contributed by atoms with Gasteiger partial charge in [0, 0.05) is 24.7 Å². The molecule has 8 heteroatoms. The zero-order valence-corrected chi connectivity index (χ0v) is 18.0. The molecule has 1 unspecified atom stereocenters. The summed E-state index contributed by atoms with van der Waals surface area (Å²) in [7, 11) is -5.62. The molecule has 1 aromatic rings. The lowest BCUT2D eigenvalue weighted by Crippen LogP contribution is -2.48. The predicted octanol–water partition coefficient (Wildman–Crippen LogP) is 4.35. The van der Waals surface area contributed by atoms with Crippen LogP contribution in [0, 0.1) is 10.1 Å². The second kappa shape index (κ2) is 6.90. The quantitative estimate of drug-likeness (QED) is 0.421. The van der Waals surface area contributed by atoms with E-state index in [1.54, 1.807) is 0 Å². The second-order valence-corrected chi connectivity index (χ2v) is 15.7. The first kappa shape index (κ1) is 20.8. The first-order chi connectivity index (χ1) is 11.8. The van der Waals surface area contributed by atoms with Crippen LogP contribution in [0.1, 0.15) is 33.6 Å². The van der Waals surface area contributed by atoms with Gasteiger partial charge in [-0.15, -0.1) is 6.58 Å². The summed E-state index contributed by atoms with van der Waals surface area (Å²) in [6.07, 6.45) is 1.57. The van der Waals surface area contributed by atoms with Crippen LogP contribution in [-0.4, -0.2) is 38.3 Å². The van der Waals surface area contributed by atoms with E-state index in [0.717, 1.165) is 18.0 Å². The van der Waals surface area contributed by atoms with Crippen molar-refractivity contribution in [1.29, 1.82) is 0 Å². The minimum absolute atomic E-state index is 0.0788. The average molecular weight is 397 g/mol. The van der Waals surface area contributed by atoms with Crippen LogP contribution in [0.4, 0.5) is 5.69 Å². The molecule has 1 aliphatic heterocycles. The van der Waals surface area contributed by atoms with Gasteiger partial charge in [0.2, 0.25) is 10.0 Å². The van der Waals surface area contributed by atoms with Crippen molar-refractivity contribution in [2.24, 2.45) is 0 Å². The number of nitro groups is 1. The van der Waals surface area contributed by atoms with Gasteiger partial charge in [0.15, 0.2) is 0 Å². The highest BCUT2D eigenvalue weighted by Gasteiger charge is 2.45. The summed E-state index contributed by atoms with van der Waals surface area (Å²) in [6, 6.07) is 4.91. The minimum Gasteiger partial charge on any atom is -0.258 e. The van der Waals surface area contributed by atoms with Crippen molar-refractivity contribution in [3.05, 3.63) is 46.2 Å². The largest absolute Gasteiger partial charge is 0.269 e. The zero-order chi connectivity index (χ0) is 19.9. The molecule has 1 aromatic carbocycles. The summed E-state index contributed by atoms with van der Waals surface area (Å²) >= 11 is 0. The van der Waals surface area contributed by atoms with E-state index >= 15 is 0 Å². The molecule has 0 N–H and O–H groups in total. The molecule has 1 fully saturated rings. The van der Waals surface area contributed by atoms with E-state index in [9.17, 15) is 18.5 Å². The monoisotopic (exact) mass is 396 g/mol. The normalized spacial score (nSPS) is 19.5. The summed E-state index contributed by atoms with van der Waals surface area (Å²) < 4.78 is 27.8. The molecule has 1 aliphatic rings. The Morgan fingerprint density at radius 2 is 1.81 bits per heavy atom. The van der Waals surface area contributed by atoms with Gasteiger partial charge < -0.3 is 0 Å². The molecule has 0 aliphatic carbocycles. The number of hydrogen-bond donors (Lipinski definition) is 0. The van der Waals surface area contributed by atoms with Gasteiger partial charge >= 0.3 is 0 Å². The highest BCUT2D eigenvalue weighted by atomic mass is 32.2. The minimum atomic E-state index is -3.71. The van der Waals surface area contributed by atoms with E-state index in [-0.39, 0.29) is 21.7 Å². The number of nitro benzene ring substituents is 1. The summed E-state index contributed by atoms with van der Waals surface area (Å²) in [4.78, 5) is 10.4. The summed E-state index contributed by atoms with van der Waals surface area (Å²) in [6.45, 7) is 15.8. The van der Waals surface area contributed by atoms with Crippen LogP contribution in [0.25, 0.3) is 0 Å². The first-order valence-corrected chi connectivity index (χ1v) is 13.2. The van der Waals surface area contributed by atoms with Gasteiger partial charge in [-0.05, 0) is 30.0 Å². The van der Waals surface area contributed by atoms with E-state index in [0.29, 0.717) is 6.54 Å². The average Bonchev–Trinajstić information content (AvgIpc) is 3.03. The van der Waals surface area contributed by atoms with Gasteiger partial charge in [-0.25, -0.2) is 8.42 Å². The topological polar surface area (TPSA) is 80.5 Å². The molecule has 6 nitrogen and oxygen atoms in total. The third-order valence-corrected chi connectivity index (χ3v) is 13.5. The molecule has 1 saturated heterocycles. The lowest BCUT2D eigenvalue weighted by molar-refractivity contribution is -0.384. The number of sulfonamides is 1. The molecule has 1 heterocycles. The van der Waals surface area contributed by atoms with Crippen LogP contribution < -0.4 is 0 Å². The van der Waals surface area contributed by atoms with Crippen LogP contribution in [0.2, 0.25) is 18.1 Å². The number of rotatable bonds is 5. The highest BCUT2D eigenvalue weighted by Crippen LogP contribution is 2.44. The summed E-state index contributed by atoms with van der Waals surface area (Å²) in [5, 5.41) is 11.9. The Morgan fingerprint density at radius 3 is 2.27 bits per heavy atom. The van der Waals surface area contributed by atoms with Crippen LogP contribution >= 0.6 is 0 Å². The molecule has 0 saturated carbocycles. The van der Waals surface area contributed by atoms with Crippen molar-refractivity contribution in [3.63, 3.8) is 0 Å². The summed E-state index contributed by atoms with van der Waals surface area (Å²) in [5.41, 5.74) is -0.118. The Hall–Kier alpha value is -1.51. The van der Waals surface area contributed by atoms with Gasteiger partial charge in [-0.3, -0.25) is 10.1 Å². The molecule has 0 aromatic heterocycles. The molecular formula is C18H28N2O4SSi. The number of nitrogens with zero attached hydrogens (tertiary/aromatic N) is 2. The van der Waals surface area contributed by atoms with Crippen LogP contribution in [-0.2, 0) is 10.0 Å². The Labute approximate surface area is 157 Å². The van der Waals surface area contributed by atoms with E-state index in [1.807, 2.05) is 0 Å². The Morgan fingerprint density at radius 1 is 1.27 bits per heavy atom. The molecule has 2 rings (SSSR count). The lowest BCUT2D eigenvalue weighted by Gasteiger charge is -2.42. The first-order valence-electron chi connectivity index (χ1n) is 8.76. The van der Waals surface area contributed by atoms with Crippen LogP contribution in [0.3, 0.4) is 0 Å². The van der Waals surface area contributed by atoms with E-state index in [4.69, 9.17) is 0 Å². The standard InChI is InChI=1S/C18H28N2O4SSi/c1-14(26(5,6)18(2,3)4)17-8-7-13-19(17)25(23,24)16-11-9-15(10-12-16)20(21)22/h9-12,17H,1,7-8,13H2,2-6H3. The Balaban J connectivity index is 2.37. The Bertz CT molecular complexity index is 811. The molecule has 0 spiro atoms. The van der Waals surface area contributed by atoms with Crippen LogP contribution in [0.5, 0.6) is 0 Å². The van der Waals surface area contributed by atoms with Crippen molar-refractivity contribution in [1.82, 2.24) is 4.31 Å². The third kappa shape index (κ3) is 3.63. The third-order valence-electron chi connectivity index (χ3n) is 5.94. The predicted molar refractivity (Wildman–Crippen MR) is 106 cm³/mol. The number of non-ortho nitro benzene ring substituents is 1. The highest BCUT2D eigenvalue weighted by molar-refractivity contribution is 7.89. The van der Waals surface area contributed by atoms with E-state index in [1.165, 1.54) is 28.6 Å². The fraction of sp³-hybridized carbons (Fsp3) is 0.556. The maximum absolute atomic E-state index is 13.1. The molecule has 26 heavy (non-hydrogen) atoms. The maximum Gasteiger partial charge on any atom is 0.269 e. The molecule has 0 amide bonds. The molecule has 144 valence electrons. The van der Waals surface area contributed by atoms with Gasteiger partial charge in [0.1, 0.15) is 0 Å². The lowest BCUT2D eigenvalue weighted by atomic mass is 10.2. The molecule has 0 radical (unpaired) electrons. The fourth-order valence-corrected chi connectivity index (χ4v) is 7.03. The maximum atomic E-state index is 13.1. The van der Waals surface area contributed by atoms with E-state index < -0.39 is 23.0 Å². The van der Waals surface area contributed by atoms with Crippen molar-refractivity contribution >= 4 is 23.8 Å². The van der Waals surface area contributed by atoms with Crippen molar-refractivity contribution in [2.75, 3.05) is 6.54 Å². The fourth-order valence-electron chi connectivity index (χ4n) is 3.15. The van der Waals surface area contributed by atoms with Gasteiger partial charge in [0.25, 0.3) is 5.69 Å². The second-order valence-electron chi connectivity index (χ2n) is 8.43. The molecular weight excluding hydrogens is 368 g/mol. The zero-order valence-electron chi connectivity index (χ0n) is 16.2. The van der Waals surface area contributed by atoms with Gasteiger partial charge in [-0.1, -0.05) is 39.1 Å². The van der Waals surface area contributed by atoms with Gasteiger partial charge in [0.05, 0.1) is 17.9 Å². The Kier molecular flexibility index (Phi) is 5.52. The SMILES string of the molecule is C=C(C1CCCN1S(=O)(=O)c1ccc([N+](=O)[O-])cc1)[Si](C)(C)C(C)(C)C. The summed E-state index contributed by atoms with van der Waals surface area (Å²) in [5.74, 6) is 0. The van der Waals surface area contributed by atoms with Crippen molar-refractivity contribution in [3.8, 4) is 0 Å². The van der Waals surface area contributed by atoms with Crippen LogP contribution in [0.15, 0.2) is 40.9 Å². The van der Waals surface area contributed by atoms with Crippen molar-refractivity contribution in [2.45, 2.75) is 62.7 Å². The smallest absolute Gasteiger partial charge is 0.258 e. The van der Waals surface area contributed by atoms with E-state index in [2.05, 4.69) is 40.4 Å². The molecule has 1 atom stereocenters.